The second kappa shape index (κ2) is 7.62. The fraction of sp³-hybridized carbons (Fsp3) is 0.350. The van der Waals surface area contributed by atoms with Crippen LogP contribution in [0.3, 0.4) is 0 Å². The monoisotopic (exact) mass is 403 g/mol. The molecule has 2 unspecified atom stereocenters. The van der Waals surface area contributed by atoms with Gasteiger partial charge in [-0.05, 0) is 43.3 Å². The number of benzene rings is 2. The van der Waals surface area contributed by atoms with Crippen LogP contribution >= 0.6 is 24.2 Å². The van der Waals surface area contributed by atoms with Crippen LogP contribution in [0.4, 0.5) is 17.1 Å². The molecule has 0 spiro atoms. The highest BCUT2D eigenvalue weighted by Crippen LogP contribution is 2.37. The van der Waals surface area contributed by atoms with Gasteiger partial charge in [-0.3, -0.25) is 9.69 Å². The third-order valence-corrected chi connectivity index (χ3v) is 5.93. The number of para-hydroxylation sites is 1. The Labute approximate surface area is 169 Å². The number of hydrogen-bond acceptors (Lipinski definition) is 5. The summed E-state index contributed by atoms with van der Waals surface area (Å²) in [5.41, 5.74) is 2.39. The summed E-state index contributed by atoms with van der Waals surface area (Å²) in [7, 11) is 0. The molecule has 2 fully saturated rings. The normalized spacial score (nSPS) is 23.2. The average Bonchev–Trinajstić information content (AvgIpc) is 2.92. The Kier molecular flexibility index (Phi) is 5.21. The molecule has 0 N–H and O–H groups in total. The Hall–Kier alpha value is -1.89. The first kappa shape index (κ1) is 18.5. The van der Waals surface area contributed by atoms with Crippen LogP contribution in [-0.4, -0.2) is 43.8 Å². The Morgan fingerprint density at radius 2 is 1.67 bits per heavy atom. The summed E-state index contributed by atoms with van der Waals surface area (Å²) in [6, 6.07) is 15.3. The zero-order valence-electron chi connectivity index (χ0n) is 15.1. The van der Waals surface area contributed by atoms with Crippen molar-refractivity contribution < 1.29 is 9.53 Å². The molecule has 0 aliphatic carbocycles. The van der Waals surface area contributed by atoms with Crippen molar-refractivity contribution in [2.45, 2.75) is 18.5 Å². The number of morpholine rings is 1. The number of thiol groups is 1. The smallest absolute Gasteiger partial charge is 0.251 e. The van der Waals surface area contributed by atoms with E-state index in [-0.39, 0.29) is 11.9 Å². The van der Waals surface area contributed by atoms with Crippen LogP contribution in [0.5, 0.6) is 0 Å². The van der Waals surface area contributed by atoms with Gasteiger partial charge in [-0.15, -0.1) is 12.6 Å². The molecule has 27 heavy (non-hydrogen) atoms. The molecule has 0 bridgehead atoms. The van der Waals surface area contributed by atoms with Crippen LogP contribution in [0.25, 0.3) is 0 Å². The number of amides is 1. The largest absolute Gasteiger partial charge is 0.378 e. The lowest BCUT2D eigenvalue weighted by Gasteiger charge is -2.31. The van der Waals surface area contributed by atoms with Crippen molar-refractivity contribution in [1.82, 2.24) is 0 Å². The molecule has 1 amide bonds. The lowest BCUT2D eigenvalue weighted by Crippen LogP contribution is -2.37. The van der Waals surface area contributed by atoms with Crippen molar-refractivity contribution in [3.8, 4) is 0 Å². The summed E-state index contributed by atoms with van der Waals surface area (Å²) >= 11 is 11.1. The van der Waals surface area contributed by atoms with Crippen molar-refractivity contribution in [3.05, 3.63) is 53.6 Å². The summed E-state index contributed by atoms with van der Waals surface area (Å²) in [4.78, 5) is 18.9. The van der Waals surface area contributed by atoms with E-state index in [0.29, 0.717) is 10.7 Å². The zero-order chi connectivity index (χ0) is 19.0. The molecule has 2 heterocycles. The highest BCUT2D eigenvalue weighted by Gasteiger charge is 2.43. The number of halogens is 1. The molecule has 2 atom stereocenters. The molecule has 142 valence electrons. The Balaban J connectivity index is 1.60. The van der Waals surface area contributed by atoms with Gasteiger partial charge in [0.25, 0.3) is 5.91 Å². The van der Waals surface area contributed by atoms with E-state index in [0.717, 1.165) is 32.0 Å². The van der Waals surface area contributed by atoms with Crippen molar-refractivity contribution in [2.75, 3.05) is 41.0 Å². The predicted molar refractivity (Wildman–Crippen MR) is 113 cm³/mol. The zero-order valence-corrected chi connectivity index (χ0v) is 16.7. The van der Waals surface area contributed by atoms with E-state index in [1.165, 1.54) is 5.69 Å². The van der Waals surface area contributed by atoms with E-state index in [1.807, 2.05) is 42.2 Å². The molecule has 0 radical (unpaired) electrons. The molecular weight excluding hydrogens is 382 g/mol. The topological polar surface area (TPSA) is 36.0 Å². The van der Waals surface area contributed by atoms with Gasteiger partial charge in [0.1, 0.15) is 6.04 Å². The maximum atomic E-state index is 12.9. The Morgan fingerprint density at radius 1 is 1.04 bits per heavy atom. The second-order valence-electron chi connectivity index (χ2n) is 6.71. The maximum absolute atomic E-state index is 12.9. The molecule has 2 aliphatic rings. The molecule has 2 saturated heterocycles. The molecular formula is C20H22ClN3O2S. The minimum atomic E-state index is -0.415. The number of carbonyl (C=O) groups excluding carboxylic acids is 1. The van der Waals surface area contributed by atoms with Gasteiger partial charge >= 0.3 is 0 Å². The molecule has 2 aromatic carbocycles. The number of ether oxygens (including phenoxy) is 1. The van der Waals surface area contributed by atoms with Crippen molar-refractivity contribution in [1.29, 1.82) is 0 Å². The van der Waals surface area contributed by atoms with Gasteiger partial charge in [0.05, 0.1) is 23.9 Å². The molecule has 0 aromatic heterocycles. The van der Waals surface area contributed by atoms with Crippen LogP contribution in [0.15, 0.2) is 48.5 Å². The standard InChI is InChI=1S/C20H22ClN3O2S/c1-14-19(25)24(18-5-3-2-4-17(18)21)20(27)23(14)16-8-6-15(7-9-16)22-10-12-26-13-11-22/h2-9,14,20,27H,10-13H2,1H3. The van der Waals surface area contributed by atoms with E-state index < -0.39 is 5.50 Å². The summed E-state index contributed by atoms with van der Waals surface area (Å²) in [5.74, 6) is -0.0136. The summed E-state index contributed by atoms with van der Waals surface area (Å²) < 4.78 is 5.42. The molecule has 5 nitrogen and oxygen atoms in total. The molecule has 2 aromatic rings. The van der Waals surface area contributed by atoms with E-state index >= 15 is 0 Å². The summed E-state index contributed by atoms with van der Waals surface area (Å²) in [6.07, 6.45) is 0. The first-order valence-electron chi connectivity index (χ1n) is 9.04. The van der Waals surface area contributed by atoms with E-state index in [2.05, 4.69) is 17.0 Å². The van der Waals surface area contributed by atoms with Gasteiger partial charge in [0.15, 0.2) is 5.50 Å². The van der Waals surface area contributed by atoms with Crippen LogP contribution in [-0.2, 0) is 9.53 Å². The lowest BCUT2D eigenvalue weighted by molar-refractivity contribution is -0.117. The summed E-state index contributed by atoms with van der Waals surface area (Å²) in [5, 5.41) is 0.543. The fourth-order valence-corrected chi connectivity index (χ4v) is 4.46. The van der Waals surface area contributed by atoms with Crippen LogP contribution in [0.1, 0.15) is 6.92 Å². The molecule has 4 rings (SSSR count). The van der Waals surface area contributed by atoms with E-state index in [4.69, 9.17) is 29.0 Å². The van der Waals surface area contributed by atoms with Crippen LogP contribution < -0.4 is 14.7 Å². The first-order valence-corrected chi connectivity index (χ1v) is 9.94. The van der Waals surface area contributed by atoms with Crippen LogP contribution in [0.2, 0.25) is 5.02 Å². The highest BCUT2D eigenvalue weighted by atomic mass is 35.5. The quantitative estimate of drug-likeness (QED) is 0.794. The van der Waals surface area contributed by atoms with Crippen LogP contribution in [0, 0.1) is 0 Å². The third-order valence-electron chi connectivity index (χ3n) is 5.13. The SMILES string of the molecule is CC1C(=O)N(c2ccccc2Cl)C(S)N1c1ccc(N2CCOCC2)cc1. The Bertz CT molecular complexity index is 826. The van der Waals surface area contributed by atoms with Crippen molar-refractivity contribution in [2.24, 2.45) is 0 Å². The minimum Gasteiger partial charge on any atom is -0.378 e. The first-order chi connectivity index (χ1) is 13.1. The molecule has 0 saturated carbocycles. The Morgan fingerprint density at radius 3 is 2.33 bits per heavy atom. The van der Waals surface area contributed by atoms with Gasteiger partial charge in [-0.25, -0.2) is 0 Å². The fourth-order valence-electron chi connectivity index (χ4n) is 3.66. The molecule has 2 aliphatic heterocycles. The van der Waals surface area contributed by atoms with Gasteiger partial charge in [0, 0.05) is 24.5 Å². The van der Waals surface area contributed by atoms with Crippen molar-refractivity contribution in [3.63, 3.8) is 0 Å². The van der Waals surface area contributed by atoms with Gasteiger partial charge in [-0.1, -0.05) is 23.7 Å². The average molecular weight is 404 g/mol. The van der Waals surface area contributed by atoms with E-state index in [1.54, 1.807) is 11.0 Å². The number of nitrogens with zero attached hydrogens (tertiary/aromatic N) is 3. The number of anilines is 3. The van der Waals surface area contributed by atoms with Gasteiger partial charge < -0.3 is 14.5 Å². The second-order valence-corrected chi connectivity index (χ2v) is 7.57. The lowest BCUT2D eigenvalue weighted by atomic mass is 10.2. The number of carbonyl (C=O) groups is 1. The van der Waals surface area contributed by atoms with Gasteiger partial charge in [0.2, 0.25) is 0 Å². The van der Waals surface area contributed by atoms with Crippen molar-refractivity contribution >= 4 is 47.2 Å². The predicted octanol–water partition coefficient (Wildman–Crippen LogP) is 3.63. The number of rotatable bonds is 3. The maximum Gasteiger partial charge on any atom is 0.251 e. The van der Waals surface area contributed by atoms with Gasteiger partial charge in [-0.2, -0.15) is 0 Å². The highest BCUT2D eigenvalue weighted by molar-refractivity contribution is 7.81. The minimum absolute atomic E-state index is 0.0136. The van der Waals surface area contributed by atoms with E-state index in [9.17, 15) is 4.79 Å². The number of hydrogen-bond donors (Lipinski definition) is 1. The summed E-state index contributed by atoms with van der Waals surface area (Å²) in [6.45, 7) is 5.20. The third kappa shape index (κ3) is 3.37. The molecule has 7 heteroatoms.